The summed E-state index contributed by atoms with van der Waals surface area (Å²) in [5, 5.41) is 18.9. The van der Waals surface area contributed by atoms with Crippen LogP contribution in [0.25, 0.3) is 0 Å². The number of carboxylic acids is 1. The summed E-state index contributed by atoms with van der Waals surface area (Å²) in [6.07, 6.45) is 1.65. The van der Waals surface area contributed by atoms with Gasteiger partial charge in [-0.05, 0) is 49.5 Å². The van der Waals surface area contributed by atoms with Crippen molar-refractivity contribution in [3.05, 3.63) is 23.8 Å². The average molecular weight is 307 g/mol. The van der Waals surface area contributed by atoms with Gasteiger partial charge >= 0.3 is 5.97 Å². The lowest BCUT2D eigenvalue weighted by Gasteiger charge is -2.35. The predicted octanol–water partition coefficient (Wildman–Crippen LogP) is 1.29. The number of hydrogen-bond donors (Lipinski definition) is 2. The zero-order valence-electron chi connectivity index (χ0n) is 12.4. The number of ether oxygens (including phenoxy) is 2. The smallest absolute Gasteiger partial charge is 0.325 e. The SMILES string of the molecule is O=C(O)[C@H](c1ccc2c(c1)OCCO2)N1CCC(CO)CC1. The average Bonchev–Trinajstić information content (AvgIpc) is 2.55. The number of piperidine rings is 1. The van der Waals surface area contributed by atoms with E-state index in [-0.39, 0.29) is 12.5 Å². The lowest BCUT2D eigenvalue weighted by atomic mass is 9.94. The molecule has 6 nitrogen and oxygen atoms in total. The topological polar surface area (TPSA) is 79.2 Å². The van der Waals surface area contributed by atoms with Crippen molar-refractivity contribution in [1.29, 1.82) is 0 Å². The molecule has 1 saturated heterocycles. The molecule has 1 aromatic carbocycles. The lowest BCUT2D eigenvalue weighted by molar-refractivity contribution is -0.144. The minimum absolute atomic E-state index is 0.176. The van der Waals surface area contributed by atoms with Gasteiger partial charge in [0.05, 0.1) is 0 Å². The summed E-state index contributed by atoms with van der Waals surface area (Å²) in [5.41, 5.74) is 0.708. The number of hydrogen-bond acceptors (Lipinski definition) is 5. The van der Waals surface area contributed by atoms with Crippen LogP contribution in [0.15, 0.2) is 18.2 Å². The quantitative estimate of drug-likeness (QED) is 0.872. The van der Waals surface area contributed by atoms with Crippen LogP contribution in [0.5, 0.6) is 11.5 Å². The third-order valence-corrected chi connectivity index (χ3v) is 4.39. The highest BCUT2D eigenvalue weighted by atomic mass is 16.6. The fourth-order valence-corrected chi connectivity index (χ4v) is 3.13. The summed E-state index contributed by atoms with van der Waals surface area (Å²) in [6.45, 7) is 2.53. The largest absolute Gasteiger partial charge is 0.486 e. The summed E-state index contributed by atoms with van der Waals surface area (Å²) < 4.78 is 11.0. The highest BCUT2D eigenvalue weighted by Crippen LogP contribution is 2.35. The Balaban J connectivity index is 1.81. The van der Waals surface area contributed by atoms with Crippen molar-refractivity contribution in [3.63, 3.8) is 0 Å². The summed E-state index contributed by atoms with van der Waals surface area (Å²) >= 11 is 0. The Hall–Kier alpha value is -1.79. The molecule has 0 amide bonds. The maximum absolute atomic E-state index is 11.8. The van der Waals surface area contributed by atoms with E-state index in [0.717, 1.165) is 12.8 Å². The van der Waals surface area contributed by atoms with Crippen LogP contribution in [0, 0.1) is 5.92 Å². The third-order valence-electron chi connectivity index (χ3n) is 4.39. The summed E-state index contributed by atoms with van der Waals surface area (Å²) in [4.78, 5) is 13.7. The van der Waals surface area contributed by atoms with Gasteiger partial charge in [0.25, 0.3) is 0 Å². The Morgan fingerprint density at radius 2 is 1.91 bits per heavy atom. The normalized spacial score (nSPS) is 20.6. The zero-order chi connectivity index (χ0) is 15.5. The zero-order valence-corrected chi connectivity index (χ0v) is 12.4. The van der Waals surface area contributed by atoms with E-state index in [4.69, 9.17) is 9.47 Å². The van der Waals surface area contributed by atoms with Gasteiger partial charge in [-0.25, -0.2) is 0 Å². The fraction of sp³-hybridized carbons (Fsp3) is 0.562. The van der Waals surface area contributed by atoms with Crippen LogP contribution < -0.4 is 9.47 Å². The highest BCUT2D eigenvalue weighted by molar-refractivity contribution is 5.76. The number of rotatable bonds is 4. The van der Waals surface area contributed by atoms with Gasteiger partial charge in [0.2, 0.25) is 0 Å². The Bertz CT molecular complexity index is 539. The molecular formula is C16H21NO5. The van der Waals surface area contributed by atoms with Crippen LogP contribution in [-0.4, -0.2) is 54.0 Å². The molecule has 0 unspecified atom stereocenters. The molecule has 0 bridgehead atoms. The second-order valence-electron chi connectivity index (χ2n) is 5.81. The van der Waals surface area contributed by atoms with Gasteiger partial charge in [0, 0.05) is 6.61 Å². The second-order valence-corrected chi connectivity index (χ2v) is 5.81. The number of likely N-dealkylation sites (tertiary alicyclic amines) is 1. The Morgan fingerprint density at radius 1 is 1.23 bits per heavy atom. The molecule has 2 N–H and O–H groups in total. The summed E-state index contributed by atoms with van der Waals surface area (Å²) in [5.74, 6) is 0.698. The number of nitrogens with zero attached hydrogens (tertiary/aromatic N) is 1. The molecule has 120 valence electrons. The first kappa shape index (κ1) is 15.1. The summed E-state index contributed by atoms with van der Waals surface area (Å²) in [6, 6.07) is 4.66. The molecular weight excluding hydrogens is 286 g/mol. The first-order valence-electron chi connectivity index (χ1n) is 7.66. The summed E-state index contributed by atoms with van der Waals surface area (Å²) in [7, 11) is 0. The van der Waals surface area contributed by atoms with E-state index >= 15 is 0 Å². The first-order chi connectivity index (χ1) is 10.7. The molecule has 6 heteroatoms. The predicted molar refractivity (Wildman–Crippen MR) is 79.2 cm³/mol. The van der Waals surface area contributed by atoms with Crippen molar-refractivity contribution < 1.29 is 24.5 Å². The second kappa shape index (κ2) is 6.54. The van der Waals surface area contributed by atoms with Crippen molar-refractivity contribution in [2.24, 2.45) is 5.92 Å². The Kier molecular flexibility index (Phi) is 4.49. The number of aliphatic hydroxyl groups excluding tert-OH is 1. The van der Waals surface area contributed by atoms with Crippen LogP contribution in [0.3, 0.4) is 0 Å². The van der Waals surface area contributed by atoms with Crippen molar-refractivity contribution in [2.45, 2.75) is 18.9 Å². The number of fused-ring (bicyclic) bond motifs is 1. The monoisotopic (exact) mass is 307 g/mol. The van der Waals surface area contributed by atoms with E-state index in [0.29, 0.717) is 43.4 Å². The molecule has 1 atom stereocenters. The molecule has 1 fully saturated rings. The molecule has 2 heterocycles. The lowest BCUT2D eigenvalue weighted by Crippen LogP contribution is -2.40. The number of benzene rings is 1. The van der Waals surface area contributed by atoms with Crippen molar-refractivity contribution in [2.75, 3.05) is 32.9 Å². The van der Waals surface area contributed by atoms with Gasteiger partial charge in [0.15, 0.2) is 11.5 Å². The fourth-order valence-electron chi connectivity index (χ4n) is 3.13. The number of aliphatic hydroxyl groups is 1. The van der Waals surface area contributed by atoms with Crippen molar-refractivity contribution >= 4 is 5.97 Å². The number of carbonyl (C=O) groups is 1. The van der Waals surface area contributed by atoms with Crippen LogP contribution in [0.4, 0.5) is 0 Å². The van der Waals surface area contributed by atoms with Crippen LogP contribution >= 0.6 is 0 Å². The van der Waals surface area contributed by atoms with Gasteiger partial charge in [-0.1, -0.05) is 6.07 Å². The van der Waals surface area contributed by atoms with E-state index in [1.807, 2.05) is 4.90 Å². The highest BCUT2D eigenvalue weighted by Gasteiger charge is 2.31. The Morgan fingerprint density at radius 3 is 2.55 bits per heavy atom. The molecule has 0 aromatic heterocycles. The molecule has 0 radical (unpaired) electrons. The molecule has 1 aromatic rings. The van der Waals surface area contributed by atoms with Gasteiger partial charge in [-0.3, -0.25) is 9.69 Å². The van der Waals surface area contributed by atoms with Gasteiger partial charge in [-0.2, -0.15) is 0 Å². The number of carboxylic acid groups (broad SMARTS) is 1. The molecule has 0 saturated carbocycles. The van der Waals surface area contributed by atoms with Gasteiger partial charge < -0.3 is 19.7 Å². The van der Waals surface area contributed by atoms with Gasteiger partial charge in [-0.15, -0.1) is 0 Å². The minimum atomic E-state index is -0.862. The van der Waals surface area contributed by atoms with E-state index in [2.05, 4.69) is 0 Å². The molecule has 2 aliphatic rings. The van der Waals surface area contributed by atoms with Crippen molar-refractivity contribution in [1.82, 2.24) is 4.90 Å². The minimum Gasteiger partial charge on any atom is -0.486 e. The Labute approximate surface area is 129 Å². The van der Waals surface area contributed by atoms with E-state index in [1.54, 1.807) is 18.2 Å². The van der Waals surface area contributed by atoms with E-state index in [1.165, 1.54) is 0 Å². The van der Waals surface area contributed by atoms with Crippen LogP contribution in [0.2, 0.25) is 0 Å². The van der Waals surface area contributed by atoms with E-state index < -0.39 is 12.0 Å². The maximum Gasteiger partial charge on any atom is 0.325 e. The van der Waals surface area contributed by atoms with Gasteiger partial charge in [0.1, 0.15) is 19.3 Å². The first-order valence-corrected chi connectivity index (χ1v) is 7.66. The maximum atomic E-state index is 11.8. The molecule has 3 rings (SSSR count). The molecule has 0 spiro atoms. The molecule has 2 aliphatic heterocycles. The van der Waals surface area contributed by atoms with Crippen molar-refractivity contribution in [3.8, 4) is 11.5 Å². The molecule has 0 aliphatic carbocycles. The van der Waals surface area contributed by atoms with Crippen LogP contribution in [-0.2, 0) is 4.79 Å². The van der Waals surface area contributed by atoms with E-state index in [9.17, 15) is 15.0 Å². The molecule has 22 heavy (non-hydrogen) atoms. The third kappa shape index (κ3) is 3.03. The number of aliphatic carboxylic acids is 1. The standard InChI is InChI=1S/C16H21NO5/c18-10-11-3-5-17(6-4-11)15(16(19)20)12-1-2-13-14(9-12)22-8-7-21-13/h1-2,9,11,15,18H,3-8,10H2,(H,19,20)/t15-/m0/s1. The van der Waals surface area contributed by atoms with Crippen LogP contribution in [0.1, 0.15) is 24.4 Å².